The smallest absolute Gasteiger partial charge is 0.324 e. The molecule has 2 amide bonds. The number of carbonyl (C=O) groups is 1. The number of ether oxygens (including phenoxy) is 1. The van der Waals surface area contributed by atoms with Gasteiger partial charge in [-0.1, -0.05) is 57.2 Å². The molecule has 1 aliphatic carbocycles. The molecule has 10 nitrogen and oxygen atoms in total. The van der Waals surface area contributed by atoms with E-state index in [2.05, 4.69) is 51.7 Å². The average molecular weight is 639 g/mol. The molecule has 0 aliphatic heterocycles. The van der Waals surface area contributed by atoms with Gasteiger partial charge in [0.25, 0.3) is 0 Å². The second-order valence-electron chi connectivity index (χ2n) is 13.2. The van der Waals surface area contributed by atoms with Crippen molar-refractivity contribution < 1.29 is 9.53 Å². The van der Waals surface area contributed by atoms with E-state index >= 15 is 0 Å². The number of nitrogens with zero attached hydrogens (tertiary/aromatic N) is 5. The predicted octanol–water partition coefficient (Wildman–Crippen LogP) is 8.66. The van der Waals surface area contributed by atoms with Gasteiger partial charge in [0, 0.05) is 40.6 Å². The SMILES string of the molecule is Cc1cccc(-n2nc(C(C)(C)C)cc2NC(=O)Nc2ccc(OCc3ccnc(Nc4cncc(C5CC5)n4)c3)c3ccccc23)c1. The van der Waals surface area contributed by atoms with Crippen LogP contribution in [0.15, 0.2) is 97.5 Å². The van der Waals surface area contributed by atoms with Gasteiger partial charge in [-0.15, -0.1) is 0 Å². The molecule has 10 heteroatoms. The lowest BCUT2D eigenvalue weighted by molar-refractivity contribution is 0.262. The van der Waals surface area contributed by atoms with Crippen molar-refractivity contribution in [1.82, 2.24) is 24.7 Å². The lowest BCUT2D eigenvalue weighted by Crippen LogP contribution is -2.21. The number of carbonyl (C=O) groups excluding carboxylic acids is 1. The fourth-order valence-electron chi connectivity index (χ4n) is 5.51. The van der Waals surface area contributed by atoms with Crippen LogP contribution in [0, 0.1) is 6.92 Å². The van der Waals surface area contributed by atoms with Gasteiger partial charge in [-0.05, 0) is 67.3 Å². The first-order valence-electron chi connectivity index (χ1n) is 16.1. The molecule has 0 spiro atoms. The van der Waals surface area contributed by atoms with Gasteiger partial charge in [0.1, 0.15) is 29.8 Å². The summed E-state index contributed by atoms with van der Waals surface area (Å²) >= 11 is 0. The van der Waals surface area contributed by atoms with E-state index in [-0.39, 0.29) is 11.4 Å². The van der Waals surface area contributed by atoms with E-state index in [0.717, 1.165) is 39.0 Å². The Hall–Kier alpha value is -5.77. The van der Waals surface area contributed by atoms with Gasteiger partial charge in [-0.3, -0.25) is 10.3 Å². The summed E-state index contributed by atoms with van der Waals surface area (Å²) in [5.74, 6) is 3.16. The van der Waals surface area contributed by atoms with E-state index in [1.54, 1.807) is 17.1 Å². The maximum absolute atomic E-state index is 13.4. The first-order valence-corrected chi connectivity index (χ1v) is 16.1. The zero-order valence-electron chi connectivity index (χ0n) is 27.5. The van der Waals surface area contributed by atoms with Gasteiger partial charge in [0.05, 0.1) is 29.0 Å². The quantitative estimate of drug-likeness (QED) is 0.145. The van der Waals surface area contributed by atoms with E-state index in [1.165, 1.54) is 12.8 Å². The molecule has 0 saturated heterocycles. The first-order chi connectivity index (χ1) is 23.2. The number of hydrogen-bond donors (Lipinski definition) is 3. The Kier molecular flexibility index (Phi) is 8.22. The van der Waals surface area contributed by atoms with Crippen LogP contribution in [0.1, 0.15) is 62.0 Å². The number of fused-ring (bicyclic) bond motifs is 1. The fraction of sp³-hybridized carbons (Fsp3) is 0.237. The number of nitrogens with one attached hydrogen (secondary N) is 3. The minimum Gasteiger partial charge on any atom is -0.488 e. The fourth-order valence-corrected chi connectivity index (χ4v) is 5.51. The number of hydrogen-bond acceptors (Lipinski definition) is 7. The Morgan fingerprint density at radius 1 is 0.917 bits per heavy atom. The van der Waals surface area contributed by atoms with E-state index in [4.69, 9.17) is 9.84 Å². The normalized spacial score (nSPS) is 12.9. The minimum absolute atomic E-state index is 0.196. The monoisotopic (exact) mass is 638 g/mol. The summed E-state index contributed by atoms with van der Waals surface area (Å²) in [5.41, 5.74) is 5.29. The third-order valence-corrected chi connectivity index (χ3v) is 8.22. The molecule has 0 radical (unpaired) electrons. The van der Waals surface area contributed by atoms with Gasteiger partial charge in [-0.25, -0.2) is 19.4 Å². The van der Waals surface area contributed by atoms with Crippen molar-refractivity contribution in [1.29, 1.82) is 0 Å². The maximum Gasteiger partial charge on any atom is 0.324 e. The van der Waals surface area contributed by atoms with Crippen molar-refractivity contribution in [2.24, 2.45) is 0 Å². The van der Waals surface area contributed by atoms with Crippen molar-refractivity contribution in [3.63, 3.8) is 0 Å². The summed E-state index contributed by atoms with van der Waals surface area (Å²) in [6.45, 7) is 8.67. The Bertz CT molecular complexity index is 2110. The highest BCUT2D eigenvalue weighted by atomic mass is 16.5. The van der Waals surface area contributed by atoms with E-state index in [1.807, 2.05) is 92.0 Å². The van der Waals surface area contributed by atoms with Gasteiger partial charge < -0.3 is 15.4 Å². The second kappa shape index (κ2) is 12.8. The van der Waals surface area contributed by atoms with Crippen molar-refractivity contribution in [3.05, 3.63) is 120 Å². The van der Waals surface area contributed by atoms with Gasteiger partial charge in [-0.2, -0.15) is 5.10 Å². The molecule has 3 aromatic heterocycles. The average Bonchev–Trinajstić information content (AvgIpc) is 3.84. The molecule has 0 unspecified atom stereocenters. The highest BCUT2D eigenvalue weighted by molar-refractivity contribution is 6.07. The minimum atomic E-state index is -0.368. The number of anilines is 4. The van der Waals surface area contributed by atoms with Crippen LogP contribution < -0.4 is 20.7 Å². The predicted molar refractivity (Wildman–Crippen MR) is 189 cm³/mol. The number of benzene rings is 3. The van der Waals surface area contributed by atoms with E-state index < -0.39 is 0 Å². The first kappa shape index (κ1) is 30.9. The number of pyridine rings is 1. The molecule has 1 aliphatic rings. The summed E-state index contributed by atoms with van der Waals surface area (Å²) in [4.78, 5) is 26.9. The molecule has 242 valence electrons. The van der Waals surface area contributed by atoms with Gasteiger partial charge in [0.2, 0.25) is 0 Å². The number of urea groups is 1. The molecule has 1 fully saturated rings. The Morgan fingerprint density at radius 3 is 2.54 bits per heavy atom. The molecule has 0 bridgehead atoms. The third kappa shape index (κ3) is 6.97. The van der Waals surface area contributed by atoms with Crippen LogP contribution in [-0.2, 0) is 12.0 Å². The molecule has 3 N–H and O–H groups in total. The van der Waals surface area contributed by atoms with Crippen LogP contribution in [0.2, 0.25) is 0 Å². The highest BCUT2D eigenvalue weighted by Crippen LogP contribution is 2.39. The van der Waals surface area contributed by atoms with Crippen LogP contribution >= 0.6 is 0 Å². The van der Waals surface area contributed by atoms with Crippen LogP contribution in [-0.4, -0.2) is 30.8 Å². The molecule has 0 atom stereocenters. The Morgan fingerprint density at radius 2 is 1.75 bits per heavy atom. The summed E-state index contributed by atoms with van der Waals surface area (Å²) in [6.07, 6.45) is 7.63. The zero-order chi connectivity index (χ0) is 33.3. The summed E-state index contributed by atoms with van der Waals surface area (Å²) in [5, 5.41) is 15.9. The van der Waals surface area contributed by atoms with Gasteiger partial charge in [0.15, 0.2) is 0 Å². The van der Waals surface area contributed by atoms with Crippen LogP contribution in [0.5, 0.6) is 5.75 Å². The van der Waals surface area contributed by atoms with Crippen molar-refractivity contribution in [2.75, 3.05) is 16.0 Å². The van der Waals surface area contributed by atoms with E-state index in [0.29, 0.717) is 41.4 Å². The summed E-state index contributed by atoms with van der Waals surface area (Å²) < 4.78 is 8.09. The Labute approximate surface area is 279 Å². The molecule has 6 aromatic rings. The molecule has 3 heterocycles. The number of amides is 2. The lowest BCUT2D eigenvalue weighted by Gasteiger charge is -2.15. The summed E-state index contributed by atoms with van der Waals surface area (Å²) in [6, 6.07) is 25.1. The third-order valence-electron chi connectivity index (χ3n) is 8.22. The number of rotatable bonds is 9. The van der Waals surface area contributed by atoms with Crippen LogP contribution in [0.25, 0.3) is 16.5 Å². The number of aromatic nitrogens is 5. The maximum atomic E-state index is 13.4. The lowest BCUT2D eigenvalue weighted by atomic mass is 9.92. The molecular formula is C38H38N8O2. The topological polar surface area (TPSA) is 119 Å². The highest BCUT2D eigenvalue weighted by Gasteiger charge is 2.25. The van der Waals surface area contributed by atoms with E-state index in [9.17, 15) is 4.79 Å². The Balaban J connectivity index is 1.06. The summed E-state index contributed by atoms with van der Waals surface area (Å²) in [7, 11) is 0. The van der Waals surface area contributed by atoms with Crippen molar-refractivity contribution in [2.45, 2.75) is 58.5 Å². The second-order valence-corrected chi connectivity index (χ2v) is 13.2. The molecule has 1 saturated carbocycles. The molecule has 7 rings (SSSR count). The largest absolute Gasteiger partial charge is 0.488 e. The van der Waals surface area contributed by atoms with Crippen molar-refractivity contribution >= 4 is 39.9 Å². The van der Waals surface area contributed by atoms with Gasteiger partial charge >= 0.3 is 6.03 Å². The molecule has 48 heavy (non-hydrogen) atoms. The number of aryl methyl sites for hydroxylation is 1. The standard InChI is InChI=1S/C38H38N8O2/c1-24-8-7-9-27(18-24)46-36(20-33(45-46)38(2,3)4)44-37(47)42-30-14-15-32(29-11-6-5-10-28(29)30)48-23-25-16-17-40-34(19-25)43-35-22-39-21-31(41-35)26-12-13-26/h5-11,14-22,26H,12-13,23H2,1-4H3,(H,40,41,43)(H2,42,44,47). The molecule has 3 aromatic carbocycles. The van der Waals surface area contributed by atoms with Crippen LogP contribution in [0.4, 0.5) is 27.9 Å². The van der Waals surface area contributed by atoms with Crippen LogP contribution in [0.3, 0.4) is 0 Å². The molecular weight excluding hydrogens is 600 g/mol. The van der Waals surface area contributed by atoms with Crippen molar-refractivity contribution in [3.8, 4) is 11.4 Å². The zero-order valence-corrected chi connectivity index (χ0v) is 27.5.